The van der Waals surface area contributed by atoms with E-state index in [1.807, 2.05) is 4.68 Å². The zero-order valence-electron chi connectivity index (χ0n) is 11.5. The first kappa shape index (κ1) is 13.6. The van der Waals surface area contributed by atoms with Gasteiger partial charge in [-0.05, 0) is 30.9 Å². The van der Waals surface area contributed by atoms with Crippen LogP contribution < -0.4 is 11.3 Å². The van der Waals surface area contributed by atoms with E-state index in [0.717, 1.165) is 25.1 Å². The number of rotatable bonds is 4. The number of halogens is 1. The van der Waals surface area contributed by atoms with Gasteiger partial charge in [-0.25, -0.2) is 0 Å². The van der Waals surface area contributed by atoms with Gasteiger partial charge in [0.05, 0.1) is 23.0 Å². The number of hydrazine groups is 1. The lowest BCUT2D eigenvalue weighted by molar-refractivity contribution is 0.419. The molecule has 1 aliphatic rings. The highest BCUT2D eigenvalue weighted by molar-refractivity contribution is 6.31. The minimum atomic E-state index is -0.00593. The Morgan fingerprint density at radius 1 is 1.50 bits per heavy atom. The summed E-state index contributed by atoms with van der Waals surface area (Å²) in [6.45, 7) is 2.84. The van der Waals surface area contributed by atoms with Crippen molar-refractivity contribution in [3.05, 3.63) is 52.3 Å². The van der Waals surface area contributed by atoms with Gasteiger partial charge in [-0.2, -0.15) is 5.10 Å². The van der Waals surface area contributed by atoms with Crippen molar-refractivity contribution in [2.75, 3.05) is 0 Å². The van der Waals surface area contributed by atoms with Gasteiger partial charge >= 0.3 is 0 Å². The van der Waals surface area contributed by atoms with E-state index in [2.05, 4.69) is 41.7 Å². The summed E-state index contributed by atoms with van der Waals surface area (Å²) in [6.07, 6.45) is 3.88. The fourth-order valence-corrected chi connectivity index (χ4v) is 3.51. The third-order valence-corrected chi connectivity index (χ3v) is 4.48. The first-order valence-corrected chi connectivity index (χ1v) is 7.39. The number of hydrogen-bond acceptors (Lipinski definition) is 3. The fourth-order valence-electron chi connectivity index (χ4n) is 3.26. The van der Waals surface area contributed by atoms with Crippen LogP contribution in [-0.2, 0) is 13.0 Å². The standard InChI is InChI=1S/C15H19ClN4/c1-2-20-15(13(16)9-18-20)14(19-17)12-8-7-10-5-3-4-6-11(10)12/h3-6,9,12,14,19H,2,7-8,17H2,1H3. The molecule has 2 aromatic rings. The average Bonchev–Trinajstić information content (AvgIpc) is 3.06. The molecule has 2 atom stereocenters. The van der Waals surface area contributed by atoms with Crippen LogP contribution in [0.2, 0.25) is 5.02 Å². The molecule has 1 aromatic heterocycles. The lowest BCUT2D eigenvalue weighted by atomic mass is 9.91. The normalized spacial score (nSPS) is 19.1. The molecule has 5 heteroatoms. The van der Waals surface area contributed by atoms with E-state index < -0.39 is 0 Å². The Bertz CT molecular complexity index is 608. The lowest BCUT2D eigenvalue weighted by Gasteiger charge is -2.25. The summed E-state index contributed by atoms with van der Waals surface area (Å²) < 4.78 is 1.92. The molecule has 0 bridgehead atoms. The van der Waals surface area contributed by atoms with Crippen molar-refractivity contribution >= 4 is 11.6 Å². The second kappa shape index (κ2) is 5.56. The number of aryl methyl sites for hydroxylation is 2. The summed E-state index contributed by atoms with van der Waals surface area (Å²) in [5.74, 6) is 6.19. The number of hydrogen-bond donors (Lipinski definition) is 2. The molecule has 3 N–H and O–H groups in total. The maximum absolute atomic E-state index is 6.32. The molecular weight excluding hydrogens is 272 g/mol. The Balaban J connectivity index is 2.01. The van der Waals surface area contributed by atoms with Crippen LogP contribution in [0.4, 0.5) is 0 Å². The van der Waals surface area contributed by atoms with Crippen molar-refractivity contribution in [3.63, 3.8) is 0 Å². The van der Waals surface area contributed by atoms with Gasteiger partial charge in [0, 0.05) is 12.5 Å². The minimum absolute atomic E-state index is 0.00593. The highest BCUT2D eigenvalue weighted by Crippen LogP contribution is 2.42. The minimum Gasteiger partial charge on any atom is -0.271 e. The molecule has 0 aliphatic heterocycles. The van der Waals surface area contributed by atoms with Crippen LogP contribution in [0.25, 0.3) is 0 Å². The van der Waals surface area contributed by atoms with Crippen molar-refractivity contribution in [3.8, 4) is 0 Å². The van der Waals surface area contributed by atoms with Gasteiger partial charge in [-0.15, -0.1) is 0 Å². The second-order valence-corrected chi connectivity index (χ2v) is 5.59. The van der Waals surface area contributed by atoms with Gasteiger partial charge in [-0.3, -0.25) is 16.0 Å². The smallest absolute Gasteiger partial charge is 0.0834 e. The largest absolute Gasteiger partial charge is 0.271 e. The maximum atomic E-state index is 6.32. The van der Waals surface area contributed by atoms with Crippen LogP contribution >= 0.6 is 11.6 Å². The fraction of sp³-hybridized carbons (Fsp3) is 0.400. The van der Waals surface area contributed by atoms with E-state index in [1.165, 1.54) is 11.1 Å². The molecule has 0 spiro atoms. The van der Waals surface area contributed by atoms with Crippen LogP contribution in [0.3, 0.4) is 0 Å². The molecule has 0 radical (unpaired) electrons. The number of benzene rings is 1. The van der Waals surface area contributed by atoms with Crippen molar-refractivity contribution in [1.29, 1.82) is 0 Å². The van der Waals surface area contributed by atoms with Crippen molar-refractivity contribution in [2.45, 2.75) is 38.3 Å². The third-order valence-electron chi connectivity index (χ3n) is 4.19. The molecule has 2 unspecified atom stereocenters. The first-order chi connectivity index (χ1) is 9.76. The van der Waals surface area contributed by atoms with Crippen LogP contribution in [0.1, 0.15) is 42.1 Å². The summed E-state index contributed by atoms with van der Waals surface area (Å²) in [4.78, 5) is 0. The summed E-state index contributed by atoms with van der Waals surface area (Å²) in [7, 11) is 0. The number of nitrogens with two attached hydrogens (primary N) is 1. The van der Waals surface area contributed by atoms with E-state index in [1.54, 1.807) is 6.20 Å². The monoisotopic (exact) mass is 290 g/mol. The molecular formula is C15H19ClN4. The molecule has 0 amide bonds. The second-order valence-electron chi connectivity index (χ2n) is 5.18. The third kappa shape index (κ3) is 2.14. The van der Waals surface area contributed by atoms with Crippen LogP contribution in [0.15, 0.2) is 30.5 Å². The average molecular weight is 291 g/mol. The molecule has 20 heavy (non-hydrogen) atoms. The van der Waals surface area contributed by atoms with Gasteiger partial charge in [0.2, 0.25) is 0 Å². The number of aromatic nitrogens is 2. The number of fused-ring (bicyclic) bond motifs is 1. The highest BCUT2D eigenvalue weighted by atomic mass is 35.5. The zero-order valence-corrected chi connectivity index (χ0v) is 12.3. The SMILES string of the molecule is CCn1ncc(Cl)c1C(NN)C1CCc2ccccc21. The van der Waals surface area contributed by atoms with E-state index in [0.29, 0.717) is 10.9 Å². The Hall–Kier alpha value is -1.36. The molecule has 4 nitrogen and oxygen atoms in total. The number of nitrogens with zero attached hydrogens (tertiary/aromatic N) is 2. The predicted octanol–water partition coefficient (Wildman–Crippen LogP) is 2.79. The molecule has 106 valence electrons. The summed E-state index contributed by atoms with van der Waals surface area (Å²) >= 11 is 6.32. The van der Waals surface area contributed by atoms with Gasteiger partial charge in [0.1, 0.15) is 0 Å². The van der Waals surface area contributed by atoms with Gasteiger partial charge in [-0.1, -0.05) is 35.9 Å². The van der Waals surface area contributed by atoms with E-state index in [-0.39, 0.29) is 6.04 Å². The molecule has 3 rings (SSSR count). The van der Waals surface area contributed by atoms with Gasteiger partial charge in [0.15, 0.2) is 0 Å². The molecule has 0 fully saturated rings. The van der Waals surface area contributed by atoms with Crippen LogP contribution in [-0.4, -0.2) is 9.78 Å². The Kier molecular flexibility index (Phi) is 3.78. The van der Waals surface area contributed by atoms with Crippen molar-refractivity contribution in [1.82, 2.24) is 15.2 Å². The van der Waals surface area contributed by atoms with Crippen molar-refractivity contribution in [2.24, 2.45) is 5.84 Å². The Morgan fingerprint density at radius 2 is 2.30 bits per heavy atom. The van der Waals surface area contributed by atoms with E-state index in [4.69, 9.17) is 17.4 Å². The van der Waals surface area contributed by atoms with Gasteiger partial charge < -0.3 is 0 Å². The topological polar surface area (TPSA) is 55.9 Å². The molecule has 1 heterocycles. The Labute approximate surface area is 123 Å². The van der Waals surface area contributed by atoms with Crippen LogP contribution in [0, 0.1) is 0 Å². The highest BCUT2D eigenvalue weighted by Gasteiger charge is 2.33. The lowest BCUT2D eigenvalue weighted by Crippen LogP contribution is -2.33. The Morgan fingerprint density at radius 3 is 3.05 bits per heavy atom. The quantitative estimate of drug-likeness (QED) is 0.672. The van der Waals surface area contributed by atoms with Gasteiger partial charge in [0.25, 0.3) is 0 Å². The van der Waals surface area contributed by atoms with Crippen LogP contribution in [0.5, 0.6) is 0 Å². The summed E-state index contributed by atoms with van der Waals surface area (Å²) in [6, 6.07) is 8.56. The zero-order chi connectivity index (χ0) is 14.1. The van der Waals surface area contributed by atoms with Crippen molar-refractivity contribution < 1.29 is 0 Å². The molecule has 1 aliphatic carbocycles. The predicted molar refractivity (Wildman–Crippen MR) is 80.5 cm³/mol. The van der Waals surface area contributed by atoms with E-state index >= 15 is 0 Å². The summed E-state index contributed by atoms with van der Waals surface area (Å²) in [5.41, 5.74) is 6.73. The molecule has 0 saturated carbocycles. The molecule has 0 saturated heterocycles. The molecule has 1 aromatic carbocycles. The summed E-state index contributed by atoms with van der Waals surface area (Å²) in [5, 5.41) is 5.00. The van der Waals surface area contributed by atoms with E-state index in [9.17, 15) is 0 Å². The maximum Gasteiger partial charge on any atom is 0.0834 e. The number of nitrogens with one attached hydrogen (secondary N) is 1. The first-order valence-electron chi connectivity index (χ1n) is 7.01.